The van der Waals surface area contributed by atoms with Gasteiger partial charge in [0.05, 0.1) is 0 Å². The van der Waals surface area contributed by atoms with Gasteiger partial charge in [-0.3, -0.25) is 0 Å². The first-order valence-electron chi connectivity index (χ1n) is 11.9. The van der Waals surface area contributed by atoms with E-state index in [1.807, 2.05) is 18.2 Å². The van der Waals surface area contributed by atoms with Crippen molar-refractivity contribution in [2.75, 3.05) is 5.32 Å². The second-order valence-electron chi connectivity index (χ2n) is 9.38. The van der Waals surface area contributed by atoms with Gasteiger partial charge in [0, 0.05) is 17.2 Å². The van der Waals surface area contributed by atoms with E-state index in [1.165, 1.54) is 27.9 Å². The van der Waals surface area contributed by atoms with E-state index < -0.39 is 0 Å². The van der Waals surface area contributed by atoms with Crippen LogP contribution in [0, 0.1) is 0 Å². The van der Waals surface area contributed by atoms with Crippen molar-refractivity contribution in [3.05, 3.63) is 113 Å². The van der Waals surface area contributed by atoms with E-state index in [4.69, 9.17) is 9.51 Å². The normalized spacial score (nSPS) is 17.2. The first-order valence-corrected chi connectivity index (χ1v) is 11.9. The summed E-state index contributed by atoms with van der Waals surface area (Å²) >= 11 is 0. The highest BCUT2D eigenvalue weighted by Crippen LogP contribution is 2.44. The Labute approximate surface area is 199 Å². The number of nitrogens with one attached hydrogen (secondary N) is 1. The second-order valence-corrected chi connectivity index (χ2v) is 9.38. The molecule has 4 heteroatoms. The smallest absolute Gasteiger partial charge is 0.254 e. The molecule has 5 aromatic rings. The first kappa shape index (κ1) is 20.7. The number of nitrogens with zero attached hydrogens (tertiary/aromatic N) is 2. The van der Waals surface area contributed by atoms with E-state index in [0.29, 0.717) is 17.6 Å². The average molecular weight is 446 g/mol. The van der Waals surface area contributed by atoms with Gasteiger partial charge in [0.25, 0.3) is 5.89 Å². The predicted octanol–water partition coefficient (Wildman–Crippen LogP) is 7.68. The maximum Gasteiger partial charge on any atom is 0.254 e. The van der Waals surface area contributed by atoms with Crippen LogP contribution in [0.3, 0.4) is 0 Å². The summed E-state index contributed by atoms with van der Waals surface area (Å²) in [7, 11) is 0. The molecule has 34 heavy (non-hydrogen) atoms. The Balaban J connectivity index is 1.51. The molecule has 2 unspecified atom stereocenters. The summed E-state index contributed by atoms with van der Waals surface area (Å²) in [6.45, 7) is 6.75. The first-order chi connectivity index (χ1) is 16.6. The van der Waals surface area contributed by atoms with Gasteiger partial charge in [-0.25, -0.2) is 0 Å². The van der Waals surface area contributed by atoms with Crippen LogP contribution in [-0.4, -0.2) is 10.1 Å². The summed E-state index contributed by atoms with van der Waals surface area (Å²) in [6.07, 6.45) is 0. The van der Waals surface area contributed by atoms with Gasteiger partial charge in [0.2, 0.25) is 5.82 Å². The molecular formula is C30H27N3O. The number of fused-ring (bicyclic) bond motifs is 3. The molecule has 0 saturated carbocycles. The Morgan fingerprint density at radius 1 is 0.794 bits per heavy atom. The number of benzene rings is 4. The quantitative estimate of drug-likeness (QED) is 0.309. The maximum absolute atomic E-state index is 5.95. The third-order valence-electron chi connectivity index (χ3n) is 7.00. The lowest BCUT2D eigenvalue weighted by Gasteiger charge is -2.21. The predicted molar refractivity (Wildman–Crippen MR) is 137 cm³/mol. The number of rotatable bonds is 3. The van der Waals surface area contributed by atoms with Crippen molar-refractivity contribution in [1.29, 1.82) is 0 Å². The molecule has 4 nitrogen and oxygen atoms in total. The largest absolute Gasteiger partial charge is 0.370 e. The molecule has 0 aliphatic carbocycles. The van der Waals surface area contributed by atoms with Crippen LogP contribution in [0.2, 0.25) is 0 Å². The van der Waals surface area contributed by atoms with Gasteiger partial charge in [0.1, 0.15) is 6.04 Å². The fourth-order valence-corrected chi connectivity index (χ4v) is 5.23. The van der Waals surface area contributed by atoms with Crippen molar-refractivity contribution in [2.24, 2.45) is 0 Å². The van der Waals surface area contributed by atoms with Crippen LogP contribution in [0.1, 0.15) is 66.8 Å². The molecule has 0 saturated heterocycles. The summed E-state index contributed by atoms with van der Waals surface area (Å²) in [5, 5.41) is 10.5. The Morgan fingerprint density at radius 2 is 1.50 bits per heavy atom. The SMILES string of the molecule is CC(C)c1cccc2c1NC(c1nc(-c3cccc4ccccc34)no1)c1ccccc1C2C. The van der Waals surface area contributed by atoms with Crippen LogP contribution in [0.25, 0.3) is 22.2 Å². The highest BCUT2D eigenvalue weighted by atomic mass is 16.5. The lowest BCUT2D eigenvalue weighted by molar-refractivity contribution is 0.372. The Hall–Kier alpha value is -3.92. The number of anilines is 1. The van der Waals surface area contributed by atoms with Gasteiger partial charge in [0.15, 0.2) is 0 Å². The molecular weight excluding hydrogens is 418 g/mol. The van der Waals surface area contributed by atoms with E-state index in [0.717, 1.165) is 16.3 Å². The minimum Gasteiger partial charge on any atom is -0.370 e. The van der Waals surface area contributed by atoms with Crippen molar-refractivity contribution < 1.29 is 4.52 Å². The standard InChI is InChI=1S/C30H27N3O/c1-18(2)21-15-9-16-23-19(3)22-12-6-7-14-25(22)28(31-27(21)23)30-32-29(33-34-30)26-17-8-11-20-10-4-5-13-24(20)26/h4-19,28,31H,1-3H3. The number of aromatic nitrogens is 2. The van der Waals surface area contributed by atoms with Crippen molar-refractivity contribution in [1.82, 2.24) is 10.1 Å². The molecule has 0 fully saturated rings. The van der Waals surface area contributed by atoms with Crippen LogP contribution in [-0.2, 0) is 0 Å². The third-order valence-corrected chi connectivity index (χ3v) is 7.00. The molecule has 1 aromatic heterocycles. The minimum absolute atomic E-state index is 0.226. The topological polar surface area (TPSA) is 51.0 Å². The zero-order valence-corrected chi connectivity index (χ0v) is 19.6. The monoisotopic (exact) mass is 445 g/mol. The van der Waals surface area contributed by atoms with Gasteiger partial charge >= 0.3 is 0 Å². The molecule has 4 aromatic carbocycles. The summed E-state index contributed by atoms with van der Waals surface area (Å²) < 4.78 is 5.95. The van der Waals surface area contributed by atoms with Crippen molar-refractivity contribution in [3.63, 3.8) is 0 Å². The highest BCUT2D eigenvalue weighted by Gasteiger charge is 2.32. The van der Waals surface area contributed by atoms with Gasteiger partial charge in [-0.05, 0) is 38.9 Å². The number of hydrogen-bond acceptors (Lipinski definition) is 4. The van der Waals surface area contributed by atoms with Crippen molar-refractivity contribution in [2.45, 2.75) is 38.6 Å². The fourth-order valence-electron chi connectivity index (χ4n) is 5.23. The lowest BCUT2D eigenvalue weighted by atomic mass is 9.87. The average Bonchev–Trinajstić information content (AvgIpc) is 3.31. The Kier molecular flexibility index (Phi) is 4.95. The van der Waals surface area contributed by atoms with Crippen LogP contribution in [0.15, 0.2) is 89.5 Å². The van der Waals surface area contributed by atoms with Crippen LogP contribution >= 0.6 is 0 Å². The third kappa shape index (κ3) is 3.29. The molecule has 0 amide bonds. The highest BCUT2D eigenvalue weighted by molar-refractivity contribution is 5.94. The minimum atomic E-state index is -0.226. The maximum atomic E-state index is 5.95. The summed E-state index contributed by atoms with van der Waals surface area (Å²) in [6, 6.07) is 29.5. The Morgan fingerprint density at radius 3 is 2.35 bits per heavy atom. The van der Waals surface area contributed by atoms with E-state index in [1.54, 1.807) is 0 Å². The van der Waals surface area contributed by atoms with Gasteiger partial charge in [-0.15, -0.1) is 0 Å². The van der Waals surface area contributed by atoms with E-state index >= 15 is 0 Å². The van der Waals surface area contributed by atoms with E-state index in [-0.39, 0.29) is 12.0 Å². The van der Waals surface area contributed by atoms with Crippen LogP contribution in [0.4, 0.5) is 5.69 Å². The lowest BCUT2D eigenvalue weighted by Crippen LogP contribution is -2.14. The summed E-state index contributed by atoms with van der Waals surface area (Å²) in [4.78, 5) is 4.93. The van der Waals surface area contributed by atoms with Gasteiger partial charge in [-0.1, -0.05) is 111 Å². The fraction of sp³-hybridized carbons (Fsp3) is 0.200. The van der Waals surface area contributed by atoms with Gasteiger partial charge < -0.3 is 9.84 Å². The Bertz CT molecular complexity index is 1500. The van der Waals surface area contributed by atoms with Crippen LogP contribution < -0.4 is 5.32 Å². The van der Waals surface area contributed by atoms with Gasteiger partial charge in [-0.2, -0.15) is 4.98 Å². The molecule has 0 bridgehead atoms. The molecule has 1 aliphatic heterocycles. The molecule has 168 valence electrons. The number of para-hydroxylation sites is 1. The summed E-state index contributed by atoms with van der Waals surface area (Å²) in [5.41, 5.74) is 7.22. The molecule has 1 aliphatic rings. The molecule has 6 rings (SSSR count). The second kappa shape index (κ2) is 8.14. The zero-order chi connectivity index (χ0) is 23.2. The zero-order valence-electron chi connectivity index (χ0n) is 19.6. The molecule has 2 atom stereocenters. The van der Waals surface area contributed by atoms with E-state index in [9.17, 15) is 0 Å². The molecule has 2 heterocycles. The number of hydrogen-bond donors (Lipinski definition) is 1. The molecule has 0 radical (unpaired) electrons. The summed E-state index contributed by atoms with van der Waals surface area (Å²) in [5.74, 6) is 1.84. The molecule has 0 spiro atoms. The van der Waals surface area contributed by atoms with Crippen LogP contribution in [0.5, 0.6) is 0 Å². The van der Waals surface area contributed by atoms with Crippen molar-refractivity contribution >= 4 is 16.5 Å². The molecule has 1 N–H and O–H groups in total. The van der Waals surface area contributed by atoms with Crippen molar-refractivity contribution in [3.8, 4) is 11.4 Å². The van der Waals surface area contributed by atoms with E-state index in [2.05, 4.69) is 98.0 Å².